The highest BCUT2D eigenvalue weighted by Gasteiger charge is 2.36. The third-order valence-electron chi connectivity index (χ3n) is 5.06. The topological polar surface area (TPSA) is 116 Å². The second kappa shape index (κ2) is 8.60. The Bertz CT molecular complexity index is 1200. The number of benzene rings is 1. The van der Waals surface area contributed by atoms with Crippen molar-refractivity contribution in [1.29, 1.82) is 0 Å². The van der Waals surface area contributed by atoms with E-state index in [-0.39, 0.29) is 18.0 Å². The van der Waals surface area contributed by atoms with Crippen LogP contribution in [0.15, 0.2) is 17.1 Å². The molecular formula is C19H23N3O7S2. The minimum Gasteiger partial charge on any atom is -0.486 e. The van der Waals surface area contributed by atoms with E-state index in [4.69, 9.17) is 14.2 Å². The Morgan fingerprint density at radius 1 is 1.26 bits per heavy atom. The van der Waals surface area contributed by atoms with Gasteiger partial charge in [-0.1, -0.05) is 11.3 Å². The molecule has 1 unspecified atom stereocenters. The number of aromatic nitrogens is 1. The fraction of sp³-hybridized carbons (Fsp3) is 0.526. The average Bonchev–Trinajstić information content (AvgIpc) is 3.32. The highest BCUT2D eigenvalue weighted by atomic mass is 32.2. The standard InChI is InChI=1S/C19H23N3O7S2/c1-3-27-17(23)11-21-13-9-14-15(29-8-7-28-14)10-16(13)30-19(21)20-18(24)12-5-4-6-22(12)31(2,25)26/h9-10,12H,3-8,11H2,1-2H3. The third-order valence-corrected chi connectivity index (χ3v) is 7.39. The van der Waals surface area contributed by atoms with Gasteiger partial charge in [-0.15, -0.1) is 0 Å². The van der Waals surface area contributed by atoms with Gasteiger partial charge in [-0.25, -0.2) is 8.42 Å². The number of hydrogen-bond donors (Lipinski definition) is 0. The zero-order valence-electron chi connectivity index (χ0n) is 17.2. The van der Waals surface area contributed by atoms with E-state index >= 15 is 0 Å². The van der Waals surface area contributed by atoms with E-state index in [1.807, 2.05) is 0 Å². The first-order valence-corrected chi connectivity index (χ1v) is 12.6. The number of nitrogens with zero attached hydrogens (tertiary/aromatic N) is 3. The van der Waals surface area contributed by atoms with Gasteiger partial charge in [0, 0.05) is 18.7 Å². The number of fused-ring (bicyclic) bond motifs is 2. The quantitative estimate of drug-likeness (QED) is 0.597. The normalized spacial score (nSPS) is 19.7. The van der Waals surface area contributed by atoms with E-state index in [0.717, 1.165) is 11.0 Å². The van der Waals surface area contributed by atoms with Crippen LogP contribution < -0.4 is 14.3 Å². The van der Waals surface area contributed by atoms with Gasteiger partial charge < -0.3 is 18.8 Å². The Hall–Kier alpha value is -2.44. The van der Waals surface area contributed by atoms with Crippen LogP contribution in [0.5, 0.6) is 11.5 Å². The third kappa shape index (κ3) is 4.46. The molecule has 0 bridgehead atoms. The fourth-order valence-electron chi connectivity index (χ4n) is 3.73. The van der Waals surface area contributed by atoms with E-state index in [1.165, 1.54) is 15.6 Å². The van der Waals surface area contributed by atoms with Gasteiger partial charge in [-0.05, 0) is 19.8 Å². The Morgan fingerprint density at radius 2 is 1.97 bits per heavy atom. The minimum atomic E-state index is -3.52. The maximum atomic E-state index is 12.9. The lowest BCUT2D eigenvalue weighted by Crippen LogP contribution is -2.40. The molecule has 0 spiro atoms. The van der Waals surface area contributed by atoms with Crippen molar-refractivity contribution in [3.63, 3.8) is 0 Å². The van der Waals surface area contributed by atoms with E-state index < -0.39 is 27.9 Å². The molecule has 0 N–H and O–H groups in total. The molecule has 2 aromatic rings. The molecule has 4 rings (SSSR count). The van der Waals surface area contributed by atoms with Crippen LogP contribution in [0.25, 0.3) is 10.2 Å². The number of amides is 1. The molecule has 1 fully saturated rings. The average molecular weight is 470 g/mol. The van der Waals surface area contributed by atoms with Crippen LogP contribution >= 0.6 is 11.3 Å². The molecule has 1 aromatic carbocycles. The summed E-state index contributed by atoms with van der Waals surface area (Å²) in [5.41, 5.74) is 0.653. The molecule has 1 amide bonds. The number of ether oxygens (including phenoxy) is 3. The fourth-order valence-corrected chi connectivity index (χ4v) is 5.90. The molecule has 0 saturated carbocycles. The van der Waals surface area contributed by atoms with Gasteiger partial charge in [-0.3, -0.25) is 9.59 Å². The lowest BCUT2D eigenvalue weighted by atomic mass is 10.2. The maximum absolute atomic E-state index is 12.9. The molecule has 1 saturated heterocycles. The summed E-state index contributed by atoms with van der Waals surface area (Å²) >= 11 is 1.22. The smallest absolute Gasteiger partial charge is 0.326 e. The van der Waals surface area contributed by atoms with Crippen molar-refractivity contribution in [2.45, 2.75) is 32.4 Å². The van der Waals surface area contributed by atoms with Crippen LogP contribution in [0.4, 0.5) is 0 Å². The molecule has 1 aromatic heterocycles. The number of esters is 1. The van der Waals surface area contributed by atoms with E-state index in [1.54, 1.807) is 23.6 Å². The van der Waals surface area contributed by atoms with Crippen molar-refractivity contribution >= 4 is 43.5 Å². The van der Waals surface area contributed by atoms with Crippen molar-refractivity contribution < 1.29 is 32.2 Å². The molecule has 31 heavy (non-hydrogen) atoms. The lowest BCUT2D eigenvalue weighted by Gasteiger charge is -2.18. The van der Waals surface area contributed by atoms with Gasteiger partial charge in [0.05, 0.1) is 23.1 Å². The van der Waals surface area contributed by atoms with E-state index in [0.29, 0.717) is 49.6 Å². The molecule has 2 aliphatic heterocycles. The highest BCUT2D eigenvalue weighted by molar-refractivity contribution is 7.88. The summed E-state index contributed by atoms with van der Waals surface area (Å²) in [6.45, 7) is 2.95. The SMILES string of the molecule is CCOC(=O)Cn1c(=NC(=O)C2CCCN2S(C)(=O)=O)sc2cc3c(cc21)OCCO3. The largest absolute Gasteiger partial charge is 0.486 e. The minimum absolute atomic E-state index is 0.139. The van der Waals surface area contributed by atoms with Crippen LogP contribution in [-0.2, 0) is 30.9 Å². The molecule has 3 heterocycles. The number of thiazole rings is 1. The second-order valence-electron chi connectivity index (χ2n) is 7.22. The van der Waals surface area contributed by atoms with Crippen LogP contribution in [0.1, 0.15) is 19.8 Å². The summed E-state index contributed by atoms with van der Waals surface area (Å²) in [6, 6.07) is 2.70. The molecule has 1 atom stereocenters. The number of rotatable bonds is 5. The zero-order valence-corrected chi connectivity index (χ0v) is 18.8. The van der Waals surface area contributed by atoms with Gasteiger partial charge in [0.1, 0.15) is 25.8 Å². The molecule has 12 heteroatoms. The Labute approximate surface area is 183 Å². The highest BCUT2D eigenvalue weighted by Crippen LogP contribution is 2.35. The summed E-state index contributed by atoms with van der Waals surface area (Å²) in [6.07, 6.45) is 2.09. The van der Waals surface area contributed by atoms with Gasteiger partial charge in [0.15, 0.2) is 16.3 Å². The first kappa shape index (κ1) is 21.8. The maximum Gasteiger partial charge on any atom is 0.326 e. The van der Waals surface area contributed by atoms with Gasteiger partial charge in [0.2, 0.25) is 10.0 Å². The van der Waals surface area contributed by atoms with Crippen molar-refractivity contribution in [2.75, 3.05) is 32.6 Å². The molecule has 10 nitrogen and oxygen atoms in total. The zero-order chi connectivity index (χ0) is 22.2. The summed E-state index contributed by atoms with van der Waals surface area (Å²) in [7, 11) is -3.52. The first-order chi connectivity index (χ1) is 14.8. The predicted octanol–water partition coefficient (Wildman–Crippen LogP) is 0.888. The summed E-state index contributed by atoms with van der Waals surface area (Å²) in [4.78, 5) is 29.7. The predicted molar refractivity (Wildman–Crippen MR) is 113 cm³/mol. The monoisotopic (exact) mass is 469 g/mol. The van der Waals surface area contributed by atoms with Crippen molar-refractivity contribution in [2.24, 2.45) is 4.99 Å². The lowest BCUT2D eigenvalue weighted by molar-refractivity contribution is -0.143. The van der Waals surface area contributed by atoms with Crippen LogP contribution in [0, 0.1) is 0 Å². The van der Waals surface area contributed by atoms with Gasteiger partial charge in [-0.2, -0.15) is 9.30 Å². The van der Waals surface area contributed by atoms with Crippen LogP contribution in [0.2, 0.25) is 0 Å². The number of carbonyl (C=O) groups excluding carboxylic acids is 2. The molecule has 0 aliphatic carbocycles. The van der Waals surface area contributed by atoms with Gasteiger partial charge in [0.25, 0.3) is 5.91 Å². The number of hydrogen-bond acceptors (Lipinski definition) is 8. The van der Waals surface area contributed by atoms with Crippen LogP contribution in [-0.4, -0.2) is 67.8 Å². The Kier molecular flexibility index (Phi) is 6.04. The molecule has 2 aliphatic rings. The summed E-state index contributed by atoms with van der Waals surface area (Å²) in [5, 5.41) is 0. The van der Waals surface area contributed by atoms with Gasteiger partial charge >= 0.3 is 5.97 Å². The number of sulfonamides is 1. The van der Waals surface area contributed by atoms with Crippen LogP contribution in [0.3, 0.4) is 0 Å². The molecule has 168 valence electrons. The number of carbonyl (C=O) groups is 2. The van der Waals surface area contributed by atoms with E-state index in [9.17, 15) is 18.0 Å². The van der Waals surface area contributed by atoms with E-state index in [2.05, 4.69) is 4.99 Å². The van der Waals surface area contributed by atoms with Crippen molar-refractivity contribution in [3.05, 3.63) is 16.9 Å². The Balaban J connectivity index is 1.80. The van der Waals surface area contributed by atoms with Crippen molar-refractivity contribution in [3.8, 4) is 11.5 Å². The molecule has 0 radical (unpaired) electrons. The summed E-state index contributed by atoms with van der Waals surface area (Å²) < 4.78 is 43.9. The molecular weight excluding hydrogens is 446 g/mol. The van der Waals surface area contributed by atoms with Crippen molar-refractivity contribution in [1.82, 2.24) is 8.87 Å². The second-order valence-corrected chi connectivity index (χ2v) is 10.2. The first-order valence-electron chi connectivity index (χ1n) is 9.92. The Morgan fingerprint density at radius 3 is 2.65 bits per heavy atom. The summed E-state index contributed by atoms with van der Waals surface area (Å²) in [5.74, 6) is 0.111.